The average molecular weight is 273 g/mol. The normalized spacial score (nSPS) is 17.5. The van der Waals surface area contributed by atoms with Crippen molar-refractivity contribution in [2.45, 2.75) is 18.8 Å². The zero-order valence-electron chi connectivity index (χ0n) is 8.67. The maximum Gasteiger partial charge on any atom is 0.123 e. The van der Waals surface area contributed by atoms with Crippen LogP contribution in [0.1, 0.15) is 24.3 Å². The number of alkyl halides is 1. The largest absolute Gasteiger partial charge is 0.496 e. The summed E-state index contributed by atoms with van der Waals surface area (Å²) in [6.45, 7) is 0. The third-order valence-corrected chi connectivity index (χ3v) is 3.65. The molecule has 1 saturated carbocycles. The molecule has 0 radical (unpaired) electrons. The highest BCUT2D eigenvalue weighted by Crippen LogP contribution is 2.46. The van der Waals surface area contributed by atoms with E-state index in [0.29, 0.717) is 11.8 Å². The van der Waals surface area contributed by atoms with Gasteiger partial charge in [-0.3, -0.25) is 0 Å². The Balaban J connectivity index is 2.34. The lowest BCUT2D eigenvalue weighted by Gasteiger charge is -2.17. The van der Waals surface area contributed by atoms with Gasteiger partial charge in [-0.15, -0.1) is 0 Å². The van der Waals surface area contributed by atoms with Crippen LogP contribution in [0.3, 0.4) is 0 Å². The lowest BCUT2D eigenvalue weighted by atomic mass is 9.95. The summed E-state index contributed by atoms with van der Waals surface area (Å²) in [6, 6.07) is 4.76. The zero-order chi connectivity index (χ0) is 10.8. The van der Waals surface area contributed by atoms with Gasteiger partial charge < -0.3 is 4.74 Å². The van der Waals surface area contributed by atoms with Gasteiger partial charge in [0.05, 0.1) is 7.11 Å². The molecule has 0 N–H and O–H groups in total. The second-order valence-corrected chi connectivity index (χ2v) is 4.63. The lowest BCUT2D eigenvalue weighted by molar-refractivity contribution is 0.403. The van der Waals surface area contributed by atoms with E-state index in [1.165, 1.54) is 18.9 Å². The molecular weight excluding hydrogens is 259 g/mol. The zero-order valence-corrected chi connectivity index (χ0v) is 10.3. The maximum atomic E-state index is 13.2. The Morgan fingerprint density at radius 1 is 1.53 bits per heavy atom. The van der Waals surface area contributed by atoms with Crippen LogP contribution in [-0.2, 0) is 0 Å². The van der Waals surface area contributed by atoms with Crippen molar-refractivity contribution in [3.05, 3.63) is 29.6 Å². The number of hydrogen-bond acceptors (Lipinski definition) is 1. The highest BCUT2D eigenvalue weighted by Gasteiger charge is 2.33. The SMILES string of the molecule is COc1ccc(F)cc1C(CBr)C1CC1. The van der Waals surface area contributed by atoms with Gasteiger partial charge in [-0.2, -0.15) is 0 Å². The molecule has 82 valence electrons. The molecule has 0 aromatic heterocycles. The monoisotopic (exact) mass is 272 g/mol. The highest BCUT2D eigenvalue weighted by molar-refractivity contribution is 9.09. The summed E-state index contributed by atoms with van der Waals surface area (Å²) in [4.78, 5) is 0. The molecule has 15 heavy (non-hydrogen) atoms. The van der Waals surface area contributed by atoms with E-state index in [-0.39, 0.29) is 5.82 Å². The number of halogens is 2. The number of ether oxygens (including phenoxy) is 1. The molecule has 1 unspecified atom stereocenters. The summed E-state index contributed by atoms with van der Waals surface area (Å²) < 4.78 is 18.5. The maximum absolute atomic E-state index is 13.2. The number of hydrogen-bond donors (Lipinski definition) is 0. The fraction of sp³-hybridized carbons (Fsp3) is 0.500. The van der Waals surface area contributed by atoms with Crippen molar-refractivity contribution < 1.29 is 9.13 Å². The predicted octanol–water partition coefficient (Wildman–Crippen LogP) is 3.72. The van der Waals surface area contributed by atoms with E-state index in [9.17, 15) is 4.39 Å². The van der Waals surface area contributed by atoms with Gasteiger partial charge in [-0.05, 0) is 37.0 Å². The van der Waals surface area contributed by atoms with E-state index in [0.717, 1.165) is 16.6 Å². The second-order valence-electron chi connectivity index (χ2n) is 3.98. The Morgan fingerprint density at radius 2 is 2.27 bits per heavy atom. The summed E-state index contributed by atoms with van der Waals surface area (Å²) in [5.41, 5.74) is 0.997. The van der Waals surface area contributed by atoms with E-state index in [4.69, 9.17) is 4.74 Å². The molecule has 1 atom stereocenters. The fourth-order valence-electron chi connectivity index (χ4n) is 1.96. The van der Waals surface area contributed by atoms with Crippen LogP contribution in [-0.4, -0.2) is 12.4 Å². The van der Waals surface area contributed by atoms with Crippen LogP contribution in [0.2, 0.25) is 0 Å². The van der Waals surface area contributed by atoms with Gasteiger partial charge in [0.2, 0.25) is 0 Å². The number of benzene rings is 1. The van der Waals surface area contributed by atoms with Crippen LogP contribution in [0.25, 0.3) is 0 Å². The molecule has 0 spiro atoms. The summed E-state index contributed by atoms with van der Waals surface area (Å²) >= 11 is 3.50. The fourth-order valence-corrected chi connectivity index (χ4v) is 2.83. The van der Waals surface area contributed by atoms with E-state index < -0.39 is 0 Å². The second kappa shape index (κ2) is 4.52. The van der Waals surface area contributed by atoms with Crippen LogP contribution >= 0.6 is 15.9 Å². The van der Waals surface area contributed by atoms with Gasteiger partial charge in [0.15, 0.2) is 0 Å². The van der Waals surface area contributed by atoms with Crippen LogP contribution < -0.4 is 4.74 Å². The third-order valence-electron chi connectivity index (χ3n) is 2.95. The van der Waals surface area contributed by atoms with Crippen LogP contribution in [0.15, 0.2) is 18.2 Å². The van der Waals surface area contributed by atoms with Crippen molar-refractivity contribution in [1.82, 2.24) is 0 Å². The van der Waals surface area contributed by atoms with E-state index in [2.05, 4.69) is 15.9 Å². The Hall–Kier alpha value is -0.570. The van der Waals surface area contributed by atoms with Crippen molar-refractivity contribution in [3.8, 4) is 5.75 Å². The first-order valence-corrected chi connectivity index (χ1v) is 6.27. The van der Waals surface area contributed by atoms with Crippen molar-refractivity contribution in [3.63, 3.8) is 0 Å². The van der Waals surface area contributed by atoms with E-state index in [1.54, 1.807) is 19.2 Å². The number of rotatable bonds is 4. The van der Waals surface area contributed by atoms with Gasteiger partial charge in [0, 0.05) is 16.8 Å². The molecule has 1 aromatic rings. The Labute approximate surface area is 97.8 Å². The minimum Gasteiger partial charge on any atom is -0.496 e. The lowest BCUT2D eigenvalue weighted by Crippen LogP contribution is -2.05. The Kier molecular flexibility index (Phi) is 3.29. The van der Waals surface area contributed by atoms with E-state index >= 15 is 0 Å². The first kappa shape index (κ1) is 10.9. The smallest absolute Gasteiger partial charge is 0.123 e. The Bertz CT molecular complexity index is 349. The summed E-state index contributed by atoms with van der Waals surface area (Å²) in [5.74, 6) is 1.70. The molecule has 1 aliphatic carbocycles. The van der Waals surface area contributed by atoms with Crippen LogP contribution in [0, 0.1) is 11.7 Å². The molecular formula is C12H14BrFO. The average Bonchev–Trinajstić information content (AvgIpc) is 3.04. The topological polar surface area (TPSA) is 9.23 Å². The summed E-state index contributed by atoms with van der Waals surface area (Å²) in [6.07, 6.45) is 2.49. The van der Waals surface area contributed by atoms with Crippen molar-refractivity contribution in [2.75, 3.05) is 12.4 Å². The molecule has 1 fully saturated rings. The molecule has 1 nitrogen and oxygen atoms in total. The van der Waals surface area contributed by atoms with Crippen LogP contribution in [0.4, 0.5) is 4.39 Å². The molecule has 0 bridgehead atoms. The molecule has 0 amide bonds. The van der Waals surface area contributed by atoms with Gasteiger partial charge >= 0.3 is 0 Å². The van der Waals surface area contributed by atoms with Crippen LogP contribution in [0.5, 0.6) is 5.75 Å². The summed E-state index contributed by atoms with van der Waals surface area (Å²) in [5, 5.41) is 0.872. The molecule has 0 aliphatic heterocycles. The van der Waals surface area contributed by atoms with Crippen molar-refractivity contribution in [1.29, 1.82) is 0 Å². The first-order chi connectivity index (χ1) is 7.26. The minimum atomic E-state index is -0.183. The van der Waals surface area contributed by atoms with Crippen molar-refractivity contribution in [2.24, 2.45) is 5.92 Å². The molecule has 0 heterocycles. The molecule has 1 aromatic carbocycles. The van der Waals surface area contributed by atoms with Crippen molar-refractivity contribution >= 4 is 15.9 Å². The van der Waals surface area contributed by atoms with Gasteiger partial charge in [0.25, 0.3) is 0 Å². The first-order valence-electron chi connectivity index (χ1n) is 5.15. The van der Waals surface area contributed by atoms with Gasteiger partial charge in [0.1, 0.15) is 11.6 Å². The Morgan fingerprint density at radius 3 is 2.80 bits per heavy atom. The van der Waals surface area contributed by atoms with E-state index in [1.807, 2.05) is 0 Å². The number of methoxy groups -OCH3 is 1. The molecule has 3 heteroatoms. The quantitative estimate of drug-likeness (QED) is 0.760. The van der Waals surface area contributed by atoms with Gasteiger partial charge in [-0.1, -0.05) is 15.9 Å². The molecule has 0 saturated heterocycles. The predicted molar refractivity (Wildman–Crippen MR) is 62.2 cm³/mol. The minimum absolute atomic E-state index is 0.183. The third kappa shape index (κ3) is 2.33. The molecule has 1 aliphatic rings. The standard InChI is InChI=1S/C12H14BrFO/c1-15-12-5-4-9(14)6-10(12)11(7-13)8-2-3-8/h4-6,8,11H,2-3,7H2,1H3. The van der Waals surface area contributed by atoms with Gasteiger partial charge in [-0.25, -0.2) is 4.39 Å². The summed E-state index contributed by atoms with van der Waals surface area (Å²) in [7, 11) is 1.63. The highest BCUT2D eigenvalue weighted by atomic mass is 79.9. The molecule has 2 rings (SSSR count).